The topological polar surface area (TPSA) is 46.1 Å². The van der Waals surface area contributed by atoms with Gasteiger partial charge in [0.05, 0.1) is 18.8 Å². The first-order valence-corrected chi connectivity index (χ1v) is 11.6. The first kappa shape index (κ1) is 21.1. The number of nitrogens with one attached hydrogen (secondary N) is 1. The molecule has 0 amide bonds. The van der Waals surface area contributed by atoms with Gasteiger partial charge in [-0.15, -0.1) is 0 Å². The summed E-state index contributed by atoms with van der Waals surface area (Å²) >= 11 is 0. The molecule has 0 bridgehead atoms. The molecule has 0 aromatic heterocycles. The minimum absolute atomic E-state index is 0.316. The van der Waals surface area contributed by atoms with E-state index >= 15 is 0 Å². The number of piperidine rings is 1. The molecular weight excluding hydrogens is 374 g/mol. The van der Waals surface area contributed by atoms with Gasteiger partial charge in [-0.1, -0.05) is 42.5 Å². The largest absolute Gasteiger partial charge is 0.376 e. The van der Waals surface area contributed by atoms with Gasteiger partial charge < -0.3 is 19.7 Å². The smallest absolute Gasteiger partial charge is 0.193 e. The standard InChI is InChI=1S/C25H35N3O2/c1-2-26-25(27-15-12-21-9-5-8-20-7-3-4-11-24(20)21)28-16-13-22(14-17-28)30-19-23-10-6-18-29-23/h3-5,7-9,11,22-23H,2,6,10,12-19H2,1H3,(H,26,27). The number of guanidine groups is 1. The summed E-state index contributed by atoms with van der Waals surface area (Å²) in [4.78, 5) is 7.33. The molecule has 1 unspecified atom stereocenters. The minimum Gasteiger partial charge on any atom is -0.376 e. The summed E-state index contributed by atoms with van der Waals surface area (Å²) in [5.41, 5.74) is 1.37. The van der Waals surface area contributed by atoms with Crippen molar-refractivity contribution in [1.82, 2.24) is 10.2 Å². The first-order chi connectivity index (χ1) is 14.8. The Bertz CT molecular complexity index is 819. The number of hydrogen-bond acceptors (Lipinski definition) is 3. The van der Waals surface area contributed by atoms with E-state index in [9.17, 15) is 0 Å². The molecule has 0 spiro atoms. The lowest BCUT2D eigenvalue weighted by molar-refractivity contribution is -0.0367. The SMILES string of the molecule is CCNC(=NCCc1cccc2ccccc12)N1CCC(OCC2CCCO2)CC1. The van der Waals surface area contributed by atoms with E-state index in [0.717, 1.165) is 71.0 Å². The molecule has 2 saturated heterocycles. The quantitative estimate of drug-likeness (QED) is 0.554. The van der Waals surface area contributed by atoms with Crippen molar-refractivity contribution in [2.24, 2.45) is 4.99 Å². The van der Waals surface area contributed by atoms with Crippen LogP contribution in [0.5, 0.6) is 0 Å². The molecule has 2 aromatic rings. The molecule has 2 aliphatic rings. The van der Waals surface area contributed by atoms with Crippen molar-refractivity contribution >= 4 is 16.7 Å². The van der Waals surface area contributed by atoms with Crippen LogP contribution in [0, 0.1) is 0 Å². The van der Waals surface area contributed by atoms with Crippen LogP contribution in [-0.4, -0.2) is 62.5 Å². The Balaban J connectivity index is 1.29. The first-order valence-electron chi connectivity index (χ1n) is 11.6. The number of likely N-dealkylation sites (tertiary alicyclic amines) is 1. The Morgan fingerprint density at radius 1 is 1.13 bits per heavy atom. The van der Waals surface area contributed by atoms with Crippen LogP contribution in [0.2, 0.25) is 0 Å². The molecule has 2 heterocycles. The molecule has 162 valence electrons. The monoisotopic (exact) mass is 409 g/mol. The highest BCUT2D eigenvalue weighted by atomic mass is 16.5. The second-order valence-electron chi connectivity index (χ2n) is 8.28. The van der Waals surface area contributed by atoms with Gasteiger partial charge in [-0.2, -0.15) is 0 Å². The van der Waals surface area contributed by atoms with E-state index in [-0.39, 0.29) is 0 Å². The third kappa shape index (κ3) is 5.52. The number of aliphatic imine (C=N–C) groups is 1. The summed E-state index contributed by atoms with van der Waals surface area (Å²) < 4.78 is 11.8. The van der Waals surface area contributed by atoms with Crippen LogP contribution >= 0.6 is 0 Å². The molecule has 5 heteroatoms. The summed E-state index contributed by atoms with van der Waals surface area (Å²) in [6.45, 7) is 7.47. The summed E-state index contributed by atoms with van der Waals surface area (Å²) in [5, 5.41) is 6.12. The summed E-state index contributed by atoms with van der Waals surface area (Å²) in [6.07, 6.45) is 6.05. The Hall–Kier alpha value is -2.11. The van der Waals surface area contributed by atoms with Crippen LogP contribution in [0.1, 0.15) is 38.2 Å². The molecule has 1 N–H and O–H groups in total. The van der Waals surface area contributed by atoms with E-state index in [0.29, 0.717) is 12.2 Å². The lowest BCUT2D eigenvalue weighted by Crippen LogP contribution is -2.47. The third-order valence-electron chi connectivity index (χ3n) is 6.14. The van der Waals surface area contributed by atoms with E-state index in [2.05, 4.69) is 59.6 Å². The highest BCUT2D eigenvalue weighted by Gasteiger charge is 2.24. The van der Waals surface area contributed by atoms with Gasteiger partial charge in [-0.05, 0) is 55.4 Å². The number of fused-ring (bicyclic) bond motifs is 1. The Morgan fingerprint density at radius 2 is 1.97 bits per heavy atom. The van der Waals surface area contributed by atoms with E-state index in [1.807, 2.05) is 0 Å². The number of rotatable bonds is 7. The number of nitrogens with zero attached hydrogens (tertiary/aromatic N) is 2. The van der Waals surface area contributed by atoms with Crippen LogP contribution < -0.4 is 5.32 Å². The second-order valence-corrected chi connectivity index (χ2v) is 8.28. The lowest BCUT2D eigenvalue weighted by Gasteiger charge is -2.34. The highest BCUT2D eigenvalue weighted by molar-refractivity contribution is 5.85. The molecular formula is C25H35N3O2. The minimum atomic E-state index is 0.316. The van der Waals surface area contributed by atoms with Crippen LogP contribution in [0.3, 0.4) is 0 Å². The maximum atomic E-state index is 6.12. The fraction of sp³-hybridized carbons (Fsp3) is 0.560. The number of hydrogen-bond donors (Lipinski definition) is 1. The molecule has 2 aromatic carbocycles. The molecule has 2 fully saturated rings. The molecule has 0 radical (unpaired) electrons. The van der Waals surface area contributed by atoms with Crippen LogP contribution in [-0.2, 0) is 15.9 Å². The van der Waals surface area contributed by atoms with Gasteiger partial charge in [0, 0.05) is 32.8 Å². The van der Waals surface area contributed by atoms with Gasteiger partial charge in [-0.3, -0.25) is 4.99 Å². The molecule has 2 aliphatic heterocycles. The summed E-state index contributed by atoms with van der Waals surface area (Å²) in [5.74, 6) is 1.04. The second kappa shape index (κ2) is 10.8. The summed E-state index contributed by atoms with van der Waals surface area (Å²) in [6, 6.07) is 15.1. The molecule has 5 nitrogen and oxygen atoms in total. The van der Waals surface area contributed by atoms with Crippen molar-refractivity contribution in [2.45, 2.75) is 51.2 Å². The molecule has 0 aliphatic carbocycles. The van der Waals surface area contributed by atoms with Crippen molar-refractivity contribution in [1.29, 1.82) is 0 Å². The van der Waals surface area contributed by atoms with Gasteiger partial charge >= 0.3 is 0 Å². The Morgan fingerprint density at radius 3 is 2.77 bits per heavy atom. The Kier molecular flexibility index (Phi) is 7.59. The van der Waals surface area contributed by atoms with Gasteiger partial charge in [0.15, 0.2) is 5.96 Å². The zero-order valence-electron chi connectivity index (χ0n) is 18.2. The van der Waals surface area contributed by atoms with Crippen LogP contribution in [0.15, 0.2) is 47.5 Å². The fourth-order valence-corrected chi connectivity index (χ4v) is 4.47. The van der Waals surface area contributed by atoms with E-state index in [1.54, 1.807) is 0 Å². The van der Waals surface area contributed by atoms with E-state index in [4.69, 9.17) is 14.5 Å². The van der Waals surface area contributed by atoms with E-state index in [1.165, 1.54) is 22.8 Å². The van der Waals surface area contributed by atoms with Gasteiger partial charge in [-0.25, -0.2) is 0 Å². The third-order valence-corrected chi connectivity index (χ3v) is 6.14. The maximum Gasteiger partial charge on any atom is 0.193 e. The average Bonchev–Trinajstić information content (AvgIpc) is 3.31. The number of benzene rings is 2. The molecule has 1 atom stereocenters. The Labute approximate surface area is 180 Å². The molecule has 0 saturated carbocycles. The zero-order chi connectivity index (χ0) is 20.6. The average molecular weight is 410 g/mol. The molecule has 4 rings (SSSR count). The summed E-state index contributed by atoms with van der Waals surface area (Å²) in [7, 11) is 0. The maximum absolute atomic E-state index is 6.12. The van der Waals surface area contributed by atoms with Crippen molar-refractivity contribution in [3.63, 3.8) is 0 Å². The molecule has 30 heavy (non-hydrogen) atoms. The zero-order valence-corrected chi connectivity index (χ0v) is 18.2. The van der Waals surface area contributed by atoms with Gasteiger partial charge in [0.2, 0.25) is 0 Å². The predicted octanol–water partition coefficient (Wildman–Crippen LogP) is 4.01. The van der Waals surface area contributed by atoms with Crippen molar-refractivity contribution < 1.29 is 9.47 Å². The van der Waals surface area contributed by atoms with Crippen LogP contribution in [0.25, 0.3) is 10.8 Å². The van der Waals surface area contributed by atoms with Crippen molar-refractivity contribution in [2.75, 3.05) is 39.4 Å². The normalized spacial score (nSPS) is 20.8. The lowest BCUT2D eigenvalue weighted by atomic mass is 10.0. The van der Waals surface area contributed by atoms with Crippen molar-refractivity contribution in [3.8, 4) is 0 Å². The van der Waals surface area contributed by atoms with Gasteiger partial charge in [0.25, 0.3) is 0 Å². The van der Waals surface area contributed by atoms with E-state index < -0.39 is 0 Å². The number of ether oxygens (including phenoxy) is 2. The van der Waals surface area contributed by atoms with Crippen LogP contribution in [0.4, 0.5) is 0 Å². The predicted molar refractivity (Wildman–Crippen MR) is 123 cm³/mol. The highest BCUT2D eigenvalue weighted by Crippen LogP contribution is 2.20. The fourth-order valence-electron chi connectivity index (χ4n) is 4.47. The van der Waals surface area contributed by atoms with Gasteiger partial charge in [0.1, 0.15) is 0 Å². The van der Waals surface area contributed by atoms with Crippen molar-refractivity contribution in [3.05, 3.63) is 48.0 Å².